The molecule has 0 aliphatic rings. The quantitative estimate of drug-likeness (QED) is 0.328. The van der Waals surface area contributed by atoms with Crippen molar-refractivity contribution in [3.05, 3.63) is 107 Å². The number of nitrogens with zero attached hydrogens (tertiary/aromatic N) is 3. The molecule has 1 N–H and O–H groups in total. The molecule has 0 spiro atoms. The maximum Gasteiger partial charge on any atom is 0.295 e. The second-order valence-corrected chi connectivity index (χ2v) is 7.93. The summed E-state index contributed by atoms with van der Waals surface area (Å²) >= 11 is 12.3. The summed E-state index contributed by atoms with van der Waals surface area (Å²) in [5.41, 5.74) is 2.16. The summed E-state index contributed by atoms with van der Waals surface area (Å²) in [6.45, 7) is 0. The van der Waals surface area contributed by atoms with Crippen LogP contribution in [-0.2, 0) is 0 Å². The van der Waals surface area contributed by atoms with E-state index in [0.717, 1.165) is 16.3 Å². The zero-order valence-corrected chi connectivity index (χ0v) is 18.2. The van der Waals surface area contributed by atoms with Crippen LogP contribution in [0.25, 0.3) is 27.8 Å². The Balaban J connectivity index is 1.57. The summed E-state index contributed by atoms with van der Waals surface area (Å²) in [7, 11) is 0. The van der Waals surface area contributed by atoms with E-state index in [4.69, 9.17) is 23.2 Å². The standard InChI is InChI=1S/C25H16Cl2N4O/c26-20-14-13-18(15-21(20)27)31-24(17-8-2-1-3-9-17)29-23(30-31)25(32)28-22-12-6-10-16-7-4-5-11-19(16)22/h1-15H,(H,28,32). The molecular weight excluding hydrogens is 443 g/mol. The first-order chi connectivity index (χ1) is 15.6. The van der Waals surface area contributed by atoms with Crippen molar-refractivity contribution in [3.63, 3.8) is 0 Å². The smallest absolute Gasteiger partial charge is 0.295 e. The van der Waals surface area contributed by atoms with Crippen molar-refractivity contribution in [1.82, 2.24) is 14.8 Å². The predicted octanol–water partition coefficient (Wildman–Crippen LogP) is 6.65. The highest BCUT2D eigenvalue weighted by atomic mass is 35.5. The number of rotatable bonds is 4. The first-order valence-corrected chi connectivity index (χ1v) is 10.6. The Bertz CT molecular complexity index is 1440. The average molecular weight is 459 g/mol. The number of fused-ring (bicyclic) bond motifs is 1. The van der Waals surface area contributed by atoms with Gasteiger partial charge in [0.15, 0.2) is 5.82 Å². The van der Waals surface area contributed by atoms with E-state index in [2.05, 4.69) is 15.4 Å². The Labute approximate surface area is 194 Å². The van der Waals surface area contributed by atoms with Gasteiger partial charge in [0, 0.05) is 16.6 Å². The summed E-state index contributed by atoms with van der Waals surface area (Å²) < 4.78 is 1.59. The van der Waals surface area contributed by atoms with Crippen LogP contribution in [0.3, 0.4) is 0 Å². The first kappa shape index (κ1) is 20.2. The number of hydrogen-bond donors (Lipinski definition) is 1. The lowest BCUT2D eigenvalue weighted by Crippen LogP contribution is -2.14. The Morgan fingerprint density at radius 1 is 0.812 bits per heavy atom. The van der Waals surface area contributed by atoms with Gasteiger partial charge in [0.1, 0.15) is 0 Å². The van der Waals surface area contributed by atoms with Crippen LogP contribution in [0, 0.1) is 0 Å². The van der Waals surface area contributed by atoms with Crippen LogP contribution in [0.5, 0.6) is 0 Å². The molecular formula is C25H16Cl2N4O. The molecule has 5 rings (SSSR count). The molecule has 0 saturated carbocycles. The van der Waals surface area contributed by atoms with Crippen LogP contribution in [0.1, 0.15) is 10.6 Å². The van der Waals surface area contributed by atoms with Crippen molar-refractivity contribution < 1.29 is 4.79 Å². The molecule has 156 valence electrons. The lowest BCUT2D eigenvalue weighted by molar-refractivity contribution is 0.101. The summed E-state index contributed by atoms with van der Waals surface area (Å²) in [5.74, 6) is 0.160. The summed E-state index contributed by atoms with van der Waals surface area (Å²) in [5, 5.41) is 10.2. The van der Waals surface area contributed by atoms with Crippen LogP contribution < -0.4 is 5.32 Å². The Kier molecular flexibility index (Phi) is 5.35. The van der Waals surface area contributed by atoms with Crippen molar-refractivity contribution in [2.75, 3.05) is 5.32 Å². The molecule has 4 aromatic carbocycles. The number of aromatic nitrogens is 3. The van der Waals surface area contributed by atoms with E-state index in [1.165, 1.54) is 0 Å². The van der Waals surface area contributed by atoms with Crippen molar-refractivity contribution in [2.45, 2.75) is 0 Å². The Morgan fingerprint density at radius 3 is 2.38 bits per heavy atom. The molecule has 0 bridgehead atoms. The zero-order chi connectivity index (χ0) is 22.1. The highest BCUT2D eigenvalue weighted by Crippen LogP contribution is 2.28. The summed E-state index contributed by atoms with van der Waals surface area (Å²) in [6.07, 6.45) is 0. The van der Waals surface area contributed by atoms with Crippen molar-refractivity contribution in [2.24, 2.45) is 0 Å². The normalized spacial score (nSPS) is 10.9. The molecule has 0 saturated heterocycles. The van der Waals surface area contributed by atoms with E-state index in [1.54, 1.807) is 22.9 Å². The van der Waals surface area contributed by atoms with Crippen LogP contribution in [0.2, 0.25) is 10.0 Å². The van der Waals surface area contributed by atoms with Gasteiger partial charge in [-0.1, -0.05) is 89.9 Å². The number of carbonyl (C=O) groups excluding carboxylic acids is 1. The summed E-state index contributed by atoms with van der Waals surface area (Å²) in [6, 6.07) is 28.3. The minimum Gasteiger partial charge on any atom is -0.319 e. The average Bonchev–Trinajstić information content (AvgIpc) is 3.27. The molecule has 0 radical (unpaired) electrons. The maximum atomic E-state index is 13.1. The number of anilines is 1. The van der Waals surface area contributed by atoms with E-state index < -0.39 is 5.91 Å². The molecule has 0 aliphatic heterocycles. The van der Waals surface area contributed by atoms with Crippen molar-refractivity contribution in [1.29, 1.82) is 0 Å². The van der Waals surface area contributed by atoms with Gasteiger partial charge < -0.3 is 5.32 Å². The molecule has 5 aromatic rings. The molecule has 7 heteroatoms. The van der Waals surface area contributed by atoms with E-state index >= 15 is 0 Å². The number of amides is 1. The zero-order valence-electron chi connectivity index (χ0n) is 16.7. The highest BCUT2D eigenvalue weighted by Gasteiger charge is 2.20. The fraction of sp³-hybridized carbons (Fsp3) is 0. The fourth-order valence-corrected chi connectivity index (χ4v) is 3.78. The van der Waals surface area contributed by atoms with Crippen molar-refractivity contribution in [3.8, 4) is 17.1 Å². The molecule has 1 aromatic heterocycles. The third kappa shape index (κ3) is 3.84. The predicted molar refractivity (Wildman–Crippen MR) is 129 cm³/mol. The fourth-order valence-electron chi connectivity index (χ4n) is 3.49. The van der Waals surface area contributed by atoms with Gasteiger partial charge in [-0.2, -0.15) is 0 Å². The molecule has 0 atom stereocenters. The third-order valence-corrected chi connectivity index (χ3v) is 5.77. The lowest BCUT2D eigenvalue weighted by Gasteiger charge is -2.07. The molecule has 1 amide bonds. The lowest BCUT2D eigenvalue weighted by atomic mass is 10.1. The Morgan fingerprint density at radius 2 is 1.56 bits per heavy atom. The molecule has 0 unspecified atom stereocenters. The topological polar surface area (TPSA) is 59.8 Å². The Hall–Kier alpha value is -3.67. The molecule has 0 fully saturated rings. The second kappa shape index (κ2) is 8.46. The van der Waals surface area contributed by atoms with Crippen LogP contribution in [-0.4, -0.2) is 20.7 Å². The van der Waals surface area contributed by atoms with Crippen LogP contribution >= 0.6 is 23.2 Å². The van der Waals surface area contributed by atoms with Gasteiger partial charge in [-0.05, 0) is 29.7 Å². The third-order valence-electron chi connectivity index (χ3n) is 5.03. The molecule has 5 nitrogen and oxygen atoms in total. The minimum absolute atomic E-state index is 0.0443. The number of halogens is 2. The number of hydrogen-bond acceptors (Lipinski definition) is 3. The van der Waals surface area contributed by atoms with Gasteiger partial charge in [0.2, 0.25) is 5.82 Å². The SMILES string of the molecule is O=C(Nc1cccc2ccccc12)c1nc(-c2ccccc2)n(-c2ccc(Cl)c(Cl)c2)n1. The van der Waals surface area contributed by atoms with E-state index in [0.29, 0.717) is 27.2 Å². The number of carbonyl (C=O) groups is 1. The van der Waals surface area contributed by atoms with Crippen LogP contribution in [0.15, 0.2) is 91.0 Å². The molecule has 0 aliphatic carbocycles. The van der Waals surface area contributed by atoms with Gasteiger partial charge in [-0.15, -0.1) is 5.10 Å². The van der Waals surface area contributed by atoms with Crippen LogP contribution in [0.4, 0.5) is 5.69 Å². The largest absolute Gasteiger partial charge is 0.319 e. The van der Waals surface area contributed by atoms with Gasteiger partial charge >= 0.3 is 0 Å². The van der Waals surface area contributed by atoms with E-state index in [-0.39, 0.29) is 5.82 Å². The van der Waals surface area contributed by atoms with Gasteiger partial charge in [-0.3, -0.25) is 4.79 Å². The van der Waals surface area contributed by atoms with Gasteiger partial charge in [-0.25, -0.2) is 9.67 Å². The second-order valence-electron chi connectivity index (χ2n) is 7.12. The minimum atomic E-state index is -0.405. The maximum absolute atomic E-state index is 13.1. The van der Waals surface area contributed by atoms with Crippen molar-refractivity contribution >= 4 is 45.6 Å². The molecule has 32 heavy (non-hydrogen) atoms. The van der Waals surface area contributed by atoms with Gasteiger partial charge in [0.25, 0.3) is 5.91 Å². The first-order valence-electron chi connectivity index (χ1n) is 9.87. The number of benzene rings is 4. The number of nitrogens with one attached hydrogen (secondary N) is 1. The molecule has 1 heterocycles. The van der Waals surface area contributed by atoms with E-state index in [9.17, 15) is 4.79 Å². The summed E-state index contributed by atoms with van der Waals surface area (Å²) in [4.78, 5) is 17.7. The van der Waals surface area contributed by atoms with Gasteiger partial charge in [0.05, 0.1) is 15.7 Å². The highest BCUT2D eigenvalue weighted by molar-refractivity contribution is 6.42. The van der Waals surface area contributed by atoms with E-state index in [1.807, 2.05) is 72.8 Å². The monoisotopic (exact) mass is 458 g/mol.